The Kier molecular flexibility index (Phi) is 2.62. The van der Waals surface area contributed by atoms with Gasteiger partial charge >= 0.3 is 0 Å². The Hall–Kier alpha value is -1.90. The van der Waals surface area contributed by atoms with Crippen molar-refractivity contribution >= 4 is 5.78 Å². The summed E-state index contributed by atoms with van der Waals surface area (Å²) in [5.74, 6) is 1.83. The Morgan fingerprint density at radius 1 is 1.24 bits per heavy atom. The van der Waals surface area contributed by atoms with Gasteiger partial charge in [-0.1, -0.05) is 19.9 Å². The van der Waals surface area contributed by atoms with Gasteiger partial charge in [-0.2, -0.15) is 0 Å². The van der Waals surface area contributed by atoms with Gasteiger partial charge in [0.1, 0.15) is 5.82 Å². The molecule has 108 valence electrons. The minimum Gasteiger partial charge on any atom is -0.305 e. The van der Waals surface area contributed by atoms with Crippen molar-refractivity contribution in [2.75, 3.05) is 0 Å². The van der Waals surface area contributed by atoms with Crippen molar-refractivity contribution in [1.29, 1.82) is 0 Å². The first-order valence-electron chi connectivity index (χ1n) is 7.74. The number of pyridine rings is 1. The minimum absolute atomic E-state index is 0.0375. The fourth-order valence-corrected chi connectivity index (χ4v) is 3.51. The highest BCUT2D eigenvalue weighted by Gasteiger charge is 2.39. The van der Waals surface area contributed by atoms with Crippen LogP contribution in [-0.2, 0) is 6.42 Å². The zero-order valence-electron chi connectivity index (χ0n) is 12.6. The summed E-state index contributed by atoms with van der Waals surface area (Å²) >= 11 is 0. The SMILES string of the molecule is CC1(C)CC(=O)c2c(C3CC3)cn(-c3ccccn3)c2C1. The molecule has 1 saturated carbocycles. The van der Waals surface area contributed by atoms with Gasteiger partial charge in [0.15, 0.2) is 5.78 Å². The predicted octanol–water partition coefficient (Wildman–Crippen LogP) is 3.90. The largest absolute Gasteiger partial charge is 0.305 e. The smallest absolute Gasteiger partial charge is 0.165 e. The summed E-state index contributed by atoms with van der Waals surface area (Å²) in [4.78, 5) is 17.1. The lowest BCUT2D eigenvalue weighted by molar-refractivity contribution is 0.0910. The summed E-state index contributed by atoms with van der Waals surface area (Å²) in [6.45, 7) is 4.36. The van der Waals surface area contributed by atoms with Crippen LogP contribution in [0.4, 0.5) is 0 Å². The molecule has 0 radical (unpaired) electrons. The van der Waals surface area contributed by atoms with Gasteiger partial charge in [0.2, 0.25) is 0 Å². The molecule has 3 heteroatoms. The fourth-order valence-electron chi connectivity index (χ4n) is 3.51. The Labute approximate surface area is 125 Å². The van der Waals surface area contributed by atoms with E-state index in [4.69, 9.17) is 0 Å². The van der Waals surface area contributed by atoms with Crippen molar-refractivity contribution in [3.63, 3.8) is 0 Å². The molecule has 0 aromatic carbocycles. The molecule has 2 aliphatic carbocycles. The maximum atomic E-state index is 12.7. The van der Waals surface area contributed by atoms with Crippen molar-refractivity contribution < 1.29 is 4.79 Å². The molecule has 4 rings (SSSR count). The lowest BCUT2D eigenvalue weighted by Gasteiger charge is -2.30. The van der Waals surface area contributed by atoms with E-state index in [9.17, 15) is 4.79 Å². The molecule has 0 amide bonds. The number of nitrogens with zero attached hydrogens (tertiary/aromatic N) is 2. The average Bonchev–Trinajstić information content (AvgIpc) is 3.20. The minimum atomic E-state index is 0.0375. The molecule has 0 N–H and O–H groups in total. The van der Waals surface area contributed by atoms with E-state index in [0.717, 1.165) is 23.5 Å². The van der Waals surface area contributed by atoms with Crippen LogP contribution < -0.4 is 0 Å². The zero-order valence-corrected chi connectivity index (χ0v) is 12.6. The monoisotopic (exact) mass is 280 g/mol. The van der Waals surface area contributed by atoms with Crippen LogP contribution in [0, 0.1) is 5.41 Å². The van der Waals surface area contributed by atoms with Gasteiger partial charge < -0.3 is 4.57 Å². The van der Waals surface area contributed by atoms with Crippen molar-refractivity contribution in [3.05, 3.63) is 47.4 Å². The Morgan fingerprint density at radius 2 is 2.05 bits per heavy atom. The third kappa shape index (κ3) is 2.11. The van der Waals surface area contributed by atoms with E-state index >= 15 is 0 Å². The Bertz CT molecular complexity index is 708. The summed E-state index contributed by atoms with van der Waals surface area (Å²) in [6.07, 6.45) is 8.02. The average molecular weight is 280 g/mol. The number of ketones is 1. The van der Waals surface area contributed by atoms with E-state index in [-0.39, 0.29) is 5.41 Å². The Balaban J connectivity index is 1.93. The van der Waals surface area contributed by atoms with Crippen LogP contribution in [0.15, 0.2) is 30.6 Å². The van der Waals surface area contributed by atoms with E-state index < -0.39 is 0 Å². The lowest BCUT2D eigenvalue weighted by Crippen LogP contribution is -2.28. The predicted molar refractivity (Wildman–Crippen MR) is 82.0 cm³/mol. The van der Waals surface area contributed by atoms with Crippen molar-refractivity contribution in [3.8, 4) is 5.82 Å². The summed E-state index contributed by atoms with van der Waals surface area (Å²) < 4.78 is 2.15. The first kappa shape index (κ1) is 12.8. The van der Waals surface area contributed by atoms with Crippen LogP contribution in [0.5, 0.6) is 0 Å². The second-order valence-corrected chi connectivity index (χ2v) is 7.18. The second kappa shape index (κ2) is 4.30. The molecule has 2 heterocycles. The summed E-state index contributed by atoms with van der Waals surface area (Å²) in [5, 5.41) is 0. The number of Topliss-reactive ketones (excluding diaryl/α,β-unsaturated/α-hetero) is 1. The number of hydrogen-bond acceptors (Lipinski definition) is 2. The third-order valence-electron chi connectivity index (χ3n) is 4.61. The maximum absolute atomic E-state index is 12.7. The van der Waals surface area contributed by atoms with Crippen molar-refractivity contribution in [1.82, 2.24) is 9.55 Å². The molecule has 1 fully saturated rings. The topological polar surface area (TPSA) is 34.9 Å². The summed E-state index contributed by atoms with van der Waals surface area (Å²) in [6, 6.07) is 5.95. The molecule has 0 bridgehead atoms. The molecule has 2 aromatic heterocycles. The lowest BCUT2D eigenvalue weighted by atomic mass is 9.75. The number of fused-ring (bicyclic) bond motifs is 1. The van der Waals surface area contributed by atoms with Gasteiger partial charge in [0, 0.05) is 30.1 Å². The normalized spacial score (nSPS) is 20.4. The molecular weight excluding hydrogens is 260 g/mol. The molecule has 0 saturated heterocycles. The Morgan fingerprint density at radius 3 is 2.71 bits per heavy atom. The van der Waals surface area contributed by atoms with E-state index in [2.05, 4.69) is 29.6 Å². The van der Waals surface area contributed by atoms with Crippen LogP contribution in [0.25, 0.3) is 5.82 Å². The number of hydrogen-bond donors (Lipinski definition) is 0. The van der Waals surface area contributed by atoms with Crippen LogP contribution in [0.1, 0.15) is 60.6 Å². The van der Waals surface area contributed by atoms with Crippen LogP contribution >= 0.6 is 0 Å². The highest BCUT2D eigenvalue weighted by atomic mass is 16.1. The van der Waals surface area contributed by atoms with Gasteiger partial charge in [-0.15, -0.1) is 0 Å². The van der Waals surface area contributed by atoms with Crippen molar-refractivity contribution in [2.45, 2.75) is 45.4 Å². The van der Waals surface area contributed by atoms with E-state index in [0.29, 0.717) is 18.1 Å². The van der Waals surface area contributed by atoms with E-state index in [1.165, 1.54) is 18.4 Å². The second-order valence-electron chi connectivity index (χ2n) is 7.18. The van der Waals surface area contributed by atoms with Crippen LogP contribution in [0.2, 0.25) is 0 Å². The van der Waals surface area contributed by atoms with E-state index in [1.54, 1.807) is 0 Å². The zero-order chi connectivity index (χ0) is 14.6. The van der Waals surface area contributed by atoms with Gasteiger partial charge in [-0.05, 0) is 48.3 Å². The molecular formula is C18H20N2O. The number of carbonyl (C=O) groups excluding carboxylic acids is 1. The van der Waals surface area contributed by atoms with E-state index in [1.807, 2.05) is 24.4 Å². The molecule has 2 aromatic rings. The third-order valence-corrected chi connectivity index (χ3v) is 4.61. The first-order valence-corrected chi connectivity index (χ1v) is 7.74. The van der Waals surface area contributed by atoms with Gasteiger partial charge in [-0.3, -0.25) is 4.79 Å². The number of aromatic nitrogens is 2. The summed E-state index contributed by atoms with van der Waals surface area (Å²) in [7, 11) is 0. The van der Waals surface area contributed by atoms with Gasteiger partial charge in [0.05, 0.1) is 0 Å². The first-order chi connectivity index (χ1) is 10.1. The highest BCUT2D eigenvalue weighted by Crippen LogP contribution is 2.47. The molecule has 2 aliphatic rings. The highest BCUT2D eigenvalue weighted by molar-refractivity contribution is 6.00. The fraction of sp³-hybridized carbons (Fsp3) is 0.444. The molecule has 0 aliphatic heterocycles. The van der Waals surface area contributed by atoms with Crippen LogP contribution in [-0.4, -0.2) is 15.3 Å². The van der Waals surface area contributed by atoms with Gasteiger partial charge in [-0.25, -0.2) is 4.98 Å². The van der Waals surface area contributed by atoms with Crippen molar-refractivity contribution in [2.24, 2.45) is 5.41 Å². The molecule has 0 unspecified atom stereocenters. The summed E-state index contributed by atoms with van der Waals surface area (Å²) in [5.41, 5.74) is 3.46. The molecule has 0 spiro atoms. The van der Waals surface area contributed by atoms with Crippen LogP contribution in [0.3, 0.4) is 0 Å². The van der Waals surface area contributed by atoms with Gasteiger partial charge in [0.25, 0.3) is 0 Å². The quantitative estimate of drug-likeness (QED) is 0.836. The number of rotatable bonds is 2. The maximum Gasteiger partial charge on any atom is 0.165 e. The molecule has 3 nitrogen and oxygen atoms in total. The molecule has 0 atom stereocenters. The standard InChI is InChI=1S/C18H20N2O/c1-18(2)9-14-17(15(21)10-18)13(12-6-7-12)11-20(14)16-5-3-4-8-19-16/h3-5,8,11-12H,6-7,9-10H2,1-2H3. The number of carbonyl (C=O) groups is 1. The molecule has 21 heavy (non-hydrogen) atoms.